The van der Waals surface area contributed by atoms with Crippen LogP contribution in [0, 0.1) is 0 Å². The van der Waals surface area contributed by atoms with Crippen molar-refractivity contribution in [2.24, 2.45) is 0 Å². The van der Waals surface area contributed by atoms with Gasteiger partial charge in [0.2, 0.25) is 0 Å². The summed E-state index contributed by atoms with van der Waals surface area (Å²) in [6, 6.07) is 5.36. The van der Waals surface area contributed by atoms with Crippen LogP contribution in [-0.2, 0) is 0 Å². The minimum absolute atomic E-state index is 0.0651. The lowest BCUT2D eigenvalue weighted by Gasteiger charge is -2.16. The van der Waals surface area contributed by atoms with Crippen LogP contribution in [0.15, 0.2) is 18.2 Å². The van der Waals surface area contributed by atoms with E-state index in [9.17, 15) is 4.79 Å². The molecule has 1 aromatic carbocycles. The van der Waals surface area contributed by atoms with Gasteiger partial charge in [-0.2, -0.15) is 0 Å². The van der Waals surface area contributed by atoms with Crippen LogP contribution in [0.1, 0.15) is 30.1 Å². The summed E-state index contributed by atoms with van der Waals surface area (Å²) in [6.45, 7) is 5.83. The number of halogens is 1. The van der Waals surface area contributed by atoms with Crippen molar-refractivity contribution in [3.05, 3.63) is 28.8 Å². The Bertz CT molecular complexity index is 428. The number of benzene rings is 1. The fraction of sp³-hybridized carbons (Fsp3) is 0.500. The first kappa shape index (κ1) is 13.4. The van der Waals surface area contributed by atoms with Gasteiger partial charge in [0, 0.05) is 29.4 Å². The van der Waals surface area contributed by atoms with Crippen LogP contribution < -0.4 is 5.32 Å². The van der Waals surface area contributed by atoms with Crippen LogP contribution in [0.5, 0.6) is 0 Å². The third-order valence-electron chi connectivity index (χ3n) is 3.30. The van der Waals surface area contributed by atoms with E-state index in [1.165, 1.54) is 25.9 Å². The third kappa shape index (κ3) is 3.47. The zero-order valence-electron chi connectivity index (χ0n) is 10.7. The number of hydrogen-bond acceptors (Lipinski definition) is 3. The standard InChI is InChI=1S/C14H19ClN2O/c1-11(18)13-5-4-12(15)10-14(13)16-6-9-17-7-2-3-8-17/h4-5,10,16H,2-3,6-9H2,1H3. The van der Waals surface area contributed by atoms with Gasteiger partial charge >= 0.3 is 0 Å². The summed E-state index contributed by atoms with van der Waals surface area (Å²) < 4.78 is 0. The van der Waals surface area contributed by atoms with Crippen LogP contribution >= 0.6 is 11.6 Å². The van der Waals surface area contributed by atoms with Crippen LogP contribution in [-0.4, -0.2) is 36.9 Å². The van der Waals surface area contributed by atoms with Gasteiger partial charge in [0.1, 0.15) is 0 Å². The number of hydrogen-bond donors (Lipinski definition) is 1. The highest BCUT2D eigenvalue weighted by molar-refractivity contribution is 6.31. The lowest BCUT2D eigenvalue weighted by Crippen LogP contribution is -2.26. The molecular formula is C14H19ClN2O. The predicted octanol–water partition coefficient (Wildman–Crippen LogP) is 3.05. The van der Waals surface area contributed by atoms with Gasteiger partial charge in [0.15, 0.2) is 5.78 Å². The smallest absolute Gasteiger partial charge is 0.161 e. The van der Waals surface area contributed by atoms with Gasteiger partial charge in [0.05, 0.1) is 0 Å². The summed E-state index contributed by atoms with van der Waals surface area (Å²) in [7, 11) is 0. The third-order valence-corrected chi connectivity index (χ3v) is 3.54. The van der Waals surface area contributed by atoms with Crippen molar-refractivity contribution in [1.82, 2.24) is 4.90 Å². The highest BCUT2D eigenvalue weighted by Gasteiger charge is 2.11. The van der Waals surface area contributed by atoms with E-state index in [1.54, 1.807) is 19.1 Å². The topological polar surface area (TPSA) is 32.3 Å². The minimum atomic E-state index is 0.0651. The van der Waals surface area contributed by atoms with Crippen molar-refractivity contribution in [3.8, 4) is 0 Å². The van der Waals surface area contributed by atoms with Crippen LogP contribution in [0.4, 0.5) is 5.69 Å². The van der Waals surface area contributed by atoms with E-state index in [2.05, 4.69) is 10.2 Å². The van der Waals surface area contributed by atoms with Crippen molar-refractivity contribution in [2.45, 2.75) is 19.8 Å². The van der Waals surface area contributed by atoms with Gasteiger partial charge in [-0.15, -0.1) is 0 Å². The molecule has 0 spiro atoms. The lowest BCUT2D eigenvalue weighted by molar-refractivity contribution is 0.101. The van der Waals surface area contributed by atoms with Crippen molar-refractivity contribution < 1.29 is 4.79 Å². The van der Waals surface area contributed by atoms with Crippen LogP contribution in [0.25, 0.3) is 0 Å². The van der Waals surface area contributed by atoms with E-state index in [0.29, 0.717) is 10.6 Å². The van der Waals surface area contributed by atoms with E-state index in [4.69, 9.17) is 11.6 Å². The molecule has 98 valence electrons. The van der Waals surface area contributed by atoms with Gasteiger partial charge in [-0.25, -0.2) is 0 Å². The van der Waals surface area contributed by atoms with Gasteiger partial charge in [-0.05, 0) is 51.1 Å². The fourth-order valence-corrected chi connectivity index (χ4v) is 2.50. The average molecular weight is 267 g/mol. The molecule has 1 fully saturated rings. The van der Waals surface area contributed by atoms with Crippen LogP contribution in [0.2, 0.25) is 5.02 Å². The van der Waals surface area contributed by atoms with E-state index in [0.717, 1.165) is 18.8 Å². The number of Topliss-reactive ketones (excluding diaryl/α,β-unsaturated/α-hetero) is 1. The molecule has 1 aliphatic heterocycles. The molecule has 1 saturated heterocycles. The number of ketones is 1. The maximum absolute atomic E-state index is 11.5. The molecule has 18 heavy (non-hydrogen) atoms. The van der Waals surface area contributed by atoms with E-state index >= 15 is 0 Å². The van der Waals surface area contributed by atoms with Gasteiger partial charge in [-0.3, -0.25) is 4.79 Å². The number of nitrogens with zero attached hydrogens (tertiary/aromatic N) is 1. The first-order valence-electron chi connectivity index (χ1n) is 6.43. The Hall–Kier alpha value is -1.06. The molecular weight excluding hydrogens is 248 g/mol. The molecule has 0 aromatic heterocycles. The summed E-state index contributed by atoms with van der Waals surface area (Å²) in [6.07, 6.45) is 2.60. The molecule has 4 heteroatoms. The van der Waals surface area contributed by atoms with Gasteiger partial charge in [-0.1, -0.05) is 11.6 Å². The highest BCUT2D eigenvalue weighted by Crippen LogP contribution is 2.21. The summed E-state index contributed by atoms with van der Waals surface area (Å²) in [5.74, 6) is 0.0651. The molecule has 0 amide bonds. The second-order valence-corrected chi connectivity index (χ2v) is 5.16. The van der Waals surface area contributed by atoms with E-state index < -0.39 is 0 Å². The first-order valence-corrected chi connectivity index (χ1v) is 6.81. The molecule has 0 aliphatic carbocycles. The number of anilines is 1. The van der Waals surface area contributed by atoms with Crippen molar-refractivity contribution >= 4 is 23.1 Å². The second-order valence-electron chi connectivity index (χ2n) is 4.72. The Kier molecular flexibility index (Phi) is 4.61. The largest absolute Gasteiger partial charge is 0.383 e. The summed E-state index contributed by atoms with van der Waals surface area (Å²) >= 11 is 5.97. The van der Waals surface area contributed by atoms with Crippen molar-refractivity contribution in [1.29, 1.82) is 0 Å². The Labute approximate surface area is 113 Å². The van der Waals surface area contributed by atoms with Crippen molar-refractivity contribution in [2.75, 3.05) is 31.5 Å². The maximum atomic E-state index is 11.5. The average Bonchev–Trinajstić information content (AvgIpc) is 2.82. The molecule has 2 rings (SSSR count). The summed E-state index contributed by atoms with van der Waals surface area (Å²) in [5.41, 5.74) is 1.55. The molecule has 1 aliphatic rings. The Morgan fingerprint density at radius 2 is 2.11 bits per heavy atom. The van der Waals surface area contributed by atoms with Gasteiger partial charge < -0.3 is 10.2 Å². The SMILES string of the molecule is CC(=O)c1ccc(Cl)cc1NCCN1CCCC1. The quantitative estimate of drug-likeness (QED) is 0.832. The number of carbonyl (C=O) groups excluding carboxylic acids is 1. The van der Waals surface area contributed by atoms with E-state index in [1.807, 2.05) is 6.07 Å². The Morgan fingerprint density at radius 1 is 1.39 bits per heavy atom. The minimum Gasteiger partial charge on any atom is -0.383 e. The molecule has 1 heterocycles. The van der Waals surface area contributed by atoms with Gasteiger partial charge in [0.25, 0.3) is 0 Å². The predicted molar refractivity (Wildman–Crippen MR) is 75.6 cm³/mol. The monoisotopic (exact) mass is 266 g/mol. The molecule has 0 saturated carbocycles. The number of likely N-dealkylation sites (tertiary alicyclic amines) is 1. The highest BCUT2D eigenvalue weighted by atomic mass is 35.5. The molecule has 0 bridgehead atoms. The molecule has 3 nitrogen and oxygen atoms in total. The first-order chi connectivity index (χ1) is 8.66. The Balaban J connectivity index is 1.94. The summed E-state index contributed by atoms with van der Waals surface area (Å²) in [5, 5.41) is 3.97. The second kappa shape index (κ2) is 6.21. The zero-order chi connectivity index (χ0) is 13.0. The molecule has 1 N–H and O–H groups in total. The van der Waals surface area contributed by atoms with E-state index in [-0.39, 0.29) is 5.78 Å². The maximum Gasteiger partial charge on any atom is 0.161 e. The van der Waals surface area contributed by atoms with Crippen LogP contribution in [0.3, 0.4) is 0 Å². The molecule has 0 radical (unpaired) electrons. The molecule has 0 unspecified atom stereocenters. The summed E-state index contributed by atoms with van der Waals surface area (Å²) in [4.78, 5) is 13.9. The Morgan fingerprint density at radius 3 is 2.78 bits per heavy atom. The van der Waals surface area contributed by atoms with Crippen molar-refractivity contribution in [3.63, 3.8) is 0 Å². The number of carbonyl (C=O) groups is 1. The number of nitrogens with one attached hydrogen (secondary N) is 1. The molecule has 1 aromatic rings. The fourth-order valence-electron chi connectivity index (χ4n) is 2.32. The molecule has 0 atom stereocenters. The normalized spacial score (nSPS) is 15.9. The number of rotatable bonds is 5. The lowest BCUT2D eigenvalue weighted by atomic mass is 10.1. The zero-order valence-corrected chi connectivity index (χ0v) is 11.5.